The van der Waals surface area contributed by atoms with Gasteiger partial charge in [-0.25, -0.2) is 0 Å². The molecule has 90 valence electrons. The van der Waals surface area contributed by atoms with Gasteiger partial charge in [0.2, 0.25) is 0 Å². The molecule has 2 aliphatic rings. The Bertz CT molecular complexity index is 321. The third-order valence-corrected chi connectivity index (χ3v) is 4.05. The molecular formula is C13H20O3. The number of hydrogen-bond donors (Lipinski definition) is 2. The van der Waals surface area contributed by atoms with Gasteiger partial charge in [0, 0.05) is 5.41 Å². The molecule has 1 saturated carbocycles. The molecule has 0 heterocycles. The van der Waals surface area contributed by atoms with Gasteiger partial charge in [0.05, 0.1) is 12.5 Å². The Balaban J connectivity index is 2.15. The van der Waals surface area contributed by atoms with Crippen molar-refractivity contribution in [2.24, 2.45) is 11.3 Å². The monoisotopic (exact) mass is 224 g/mol. The number of carboxylic acid groups (broad SMARTS) is 1. The largest absolute Gasteiger partial charge is 0.481 e. The molecule has 2 bridgehead atoms. The van der Waals surface area contributed by atoms with Crippen molar-refractivity contribution in [1.82, 2.24) is 0 Å². The van der Waals surface area contributed by atoms with Gasteiger partial charge in [0.1, 0.15) is 0 Å². The SMILES string of the molecule is CC1([C@@H](O)CC(=O)O)C=C2CCCC(C2)C1. The summed E-state index contributed by atoms with van der Waals surface area (Å²) in [6, 6.07) is 0. The highest BCUT2D eigenvalue weighted by Gasteiger charge is 2.39. The molecule has 3 atom stereocenters. The maximum absolute atomic E-state index is 10.7. The molecule has 0 radical (unpaired) electrons. The highest BCUT2D eigenvalue weighted by Crippen LogP contribution is 2.46. The second-order valence-electron chi connectivity index (χ2n) is 5.59. The summed E-state index contributed by atoms with van der Waals surface area (Å²) in [7, 11) is 0. The van der Waals surface area contributed by atoms with Gasteiger partial charge in [0.25, 0.3) is 0 Å². The highest BCUT2D eigenvalue weighted by molar-refractivity contribution is 5.67. The van der Waals surface area contributed by atoms with Crippen LogP contribution in [0, 0.1) is 11.3 Å². The fraction of sp³-hybridized carbons (Fsp3) is 0.769. The Morgan fingerprint density at radius 1 is 1.69 bits per heavy atom. The third-order valence-electron chi connectivity index (χ3n) is 4.05. The molecular weight excluding hydrogens is 204 g/mol. The van der Waals surface area contributed by atoms with Gasteiger partial charge in [0.15, 0.2) is 0 Å². The first-order valence-corrected chi connectivity index (χ1v) is 6.10. The molecule has 0 aliphatic heterocycles. The van der Waals surface area contributed by atoms with Crippen molar-refractivity contribution >= 4 is 5.97 Å². The van der Waals surface area contributed by atoms with Gasteiger partial charge in [-0.3, -0.25) is 4.79 Å². The van der Waals surface area contributed by atoms with Gasteiger partial charge in [-0.05, 0) is 38.0 Å². The van der Waals surface area contributed by atoms with Crippen LogP contribution in [0.15, 0.2) is 11.6 Å². The molecule has 3 heteroatoms. The van der Waals surface area contributed by atoms with E-state index in [1.807, 2.05) is 6.92 Å². The number of aliphatic hydroxyl groups excluding tert-OH is 1. The van der Waals surface area contributed by atoms with E-state index in [-0.39, 0.29) is 11.8 Å². The minimum atomic E-state index is -0.914. The smallest absolute Gasteiger partial charge is 0.306 e. The second-order valence-corrected chi connectivity index (χ2v) is 5.59. The lowest BCUT2D eigenvalue weighted by Crippen LogP contribution is -2.38. The summed E-state index contributed by atoms with van der Waals surface area (Å²) in [6.45, 7) is 2.00. The zero-order chi connectivity index (χ0) is 11.8. The van der Waals surface area contributed by atoms with E-state index in [4.69, 9.17) is 5.11 Å². The first kappa shape index (κ1) is 11.6. The fourth-order valence-corrected chi connectivity index (χ4v) is 3.28. The molecule has 2 aliphatic carbocycles. The number of carboxylic acids is 1. The maximum Gasteiger partial charge on any atom is 0.306 e. The summed E-state index contributed by atoms with van der Waals surface area (Å²) in [5.41, 5.74) is 1.10. The quantitative estimate of drug-likeness (QED) is 0.723. The molecule has 2 unspecified atom stereocenters. The van der Waals surface area contributed by atoms with E-state index in [9.17, 15) is 9.90 Å². The van der Waals surface area contributed by atoms with E-state index in [1.165, 1.54) is 18.4 Å². The van der Waals surface area contributed by atoms with E-state index < -0.39 is 12.1 Å². The molecule has 2 rings (SSSR count). The van der Waals surface area contributed by atoms with E-state index in [0.717, 1.165) is 19.3 Å². The summed E-state index contributed by atoms with van der Waals surface area (Å²) in [4.78, 5) is 10.7. The van der Waals surface area contributed by atoms with Crippen molar-refractivity contribution in [3.63, 3.8) is 0 Å². The molecule has 0 spiro atoms. The summed E-state index contributed by atoms with van der Waals surface area (Å²) in [6.07, 6.45) is 6.96. The van der Waals surface area contributed by atoms with E-state index in [1.54, 1.807) is 0 Å². The normalized spacial score (nSPS) is 35.4. The molecule has 0 aromatic rings. The van der Waals surface area contributed by atoms with Crippen LogP contribution in [0.25, 0.3) is 0 Å². The van der Waals surface area contributed by atoms with Gasteiger partial charge >= 0.3 is 5.97 Å². The van der Waals surface area contributed by atoms with Gasteiger partial charge < -0.3 is 10.2 Å². The molecule has 0 aromatic heterocycles. The van der Waals surface area contributed by atoms with Crippen LogP contribution in [-0.4, -0.2) is 22.3 Å². The predicted octanol–water partition coefficient (Wildman–Crippen LogP) is 2.35. The lowest BCUT2D eigenvalue weighted by Gasteiger charge is -2.42. The Labute approximate surface area is 96.2 Å². The summed E-state index contributed by atoms with van der Waals surface area (Å²) < 4.78 is 0. The van der Waals surface area contributed by atoms with Crippen LogP contribution in [0.4, 0.5) is 0 Å². The van der Waals surface area contributed by atoms with Crippen LogP contribution in [0.2, 0.25) is 0 Å². The highest BCUT2D eigenvalue weighted by atomic mass is 16.4. The van der Waals surface area contributed by atoms with Crippen molar-refractivity contribution in [3.8, 4) is 0 Å². The predicted molar refractivity (Wildman–Crippen MR) is 61.0 cm³/mol. The summed E-state index contributed by atoms with van der Waals surface area (Å²) >= 11 is 0. The second kappa shape index (κ2) is 4.21. The van der Waals surface area contributed by atoms with Gasteiger partial charge in [-0.15, -0.1) is 0 Å². The Morgan fingerprint density at radius 3 is 3.06 bits per heavy atom. The van der Waals surface area contributed by atoms with E-state index >= 15 is 0 Å². The average molecular weight is 224 g/mol. The molecule has 1 fully saturated rings. The molecule has 0 saturated heterocycles. The minimum Gasteiger partial charge on any atom is -0.481 e. The van der Waals surface area contributed by atoms with Crippen molar-refractivity contribution in [1.29, 1.82) is 0 Å². The van der Waals surface area contributed by atoms with Crippen molar-refractivity contribution < 1.29 is 15.0 Å². The number of hydrogen-bond acceptors (Lipinski definition) is 2. The lowest BCUT2D eigenvalue weighted by atomic mass is 9.65. The first-order valence-electron chi connectivity index (χ1n) is 6.10. The molecule has 3 nitrogen and oxygen atoms in total. The standard InChI is InChI=1S/C13H20O3/c1-13(11(14)6-12(15)16)7-9-3-2-4-10(5-9)8-13/h7,10-11,14H,2-6,8H2,1H3,(H,15,16)/t10?,11-,13?/m0/s1. The molecule has 0 aromatic carbocycles. The first-order chi connectivity index (χ1) is 7.49. The third kappa shape index (κ3) is 2.29. The average Bonchev–Trinajstić information content (AvgIpc) is 2.15. The van der Waals surface area contributed by atoms with Crippen LogP contribution in [-0.2, 0) is 4.79 Å². The van der Waals surface area contributed by atoms with Crippen LogP contribution in [0.5, 0.6) is 0 Å². The number of fused-ring (bicyclic) bond motifs is 2. The number of aliphatic hydroxyl groups is 1. The van der Waals surface area contributed by atoms with Crippen molar-refractivity contribution in [2.75, 3.05) is 0 Å². The summed E-state index contributed by atoms with van der Waals surface area (Å²) in [5.74, 6) is -0.259. The Morgan fingerprint density at radius 2 is 2.44 bits per heavy atom. The minimum absolute atomic E-state index is 0.146. The topological polar surface area (TPSA) is 57.5 Å². The van der Waals surface area contributed by atoms with Gasteiger partial charge in [-0.2, -0.15) is 0 Å². The Kier molecular flexibility index (Phi) is 3.06. The van der Waals surface area contributed by atoms with Gasteiger partial charge in [-0.1, -0.05) is 18.6 Å². The molecule has 2 N–H and O–H groups in total. The van der Waals surface area contributed by atoms with Crippen LogP contribution < -0.4 is 0 Å². The van der Waals surface area contributed by atoms with E-state index in [0.29, 0.717) is 5.92 Å². The van der Waals surface area contributed by atoms with Crippen LogP contribution in [0.1, 0.15) is 45.4 Å². The number of aliphatic carboxylic acids is 1. The summed E-state index contributed by atoms with van der Waals surface area (Å²) in [5, 5.41) is 18.8. The number of allylic oxidation sites excluding steroid dienone is 1. The van der Waals surface area contributed by atoms with Crippen LogP contribution >= 0.6 is 0 Å². The van der Waals surface area contributed by atoms with Crippen LogP contribution in [0.3, 0.4) is 0 Å². The fourth-order valence-electron chi connectivity index (χ4n) is 3.28. The van der Waals surface area contributed by atoms with Crippen molar-refractivity contribution in [2.45, 2.75) is 51.6 Å². The molecule has 16 heavy (non-hydrogen) atoms. The Hall–Kier alpha value is -0.830. The van der Waals surface area contributed by atoms with E-state index in [2.05, 4.69) is 6.08 Å². The zero-order valence-electron chi connectivity index (χ0n) is 9.78. The lowest BCUT2D eigenvalue weighted by molar-refractivity contribution is -0.141. The molecule has 0 amide bonds. The maximum atomic E-state index is 10.7. The zero-order valence-corrected chi connectivity index (χ0v) is 9.78. The number of rotatable bonds is 3. The number of carbonyl (C=O) groups is 1. The van der Waals surface area contributed by atoms with Crippen molar-refractivity contribution in [3.05, 3.63) is 11.6 Å².